The molecule has 1 N–H and O–H groups in total. The molecule has 1 aromatic carbocycles. The van der Waals surface area contributed by atoms with Crippen LogP contribution >= 0.6 is 0 Å². The van der Waals surface area contributed by atoms with Gasteiger partial charge >= 0.3 is 0 Å². The number of nitrogens with zero attached hydrogens (tertiary/aromatic N) is 1. The van der Waals surface area contributed by atoms with Gasteiger partial charge in [-0.3, -0.25) is 4.79 Å². The molecular formula is C10H8FNO2. The van der Waals surface area contributed by atoms with Crippen LogP contribution in [0.5, 0.6) is 0 Å². The number of carbonyl (C=O) groups is 1. The first kappa shape index (κ1) is 8.87. The third kappa shape index (κ3) is 1.28. The predicted octanol–water partition coefficient (Wildman–Crippen LogP) is 1.78. The van der Waals surface area contributed by atoms with Gasteiger partial charge in [-0.05, 0) is 30.2 Å². The van der Waals surface area contributed by atoms with Crippen molar-refractivity contribution < 1.29 is 14.4 Å². The predicted molar refractivity (Wildman–Crippen MR) is 48.3 cm³/mol. The molecule has 1 aliphatic rings. The molecule has 0 radical (unpaired) electrons. The Bertz CT molecular complexity index is 426. The van der Waals surface area contributed by atoms with Crippen LogP contribution < -0.4 is 0 Å². The van der Waals surface area contributed by atoms with Crippen LogP contribution in [0.25, 0.3) is 0 Å². The SMILES string of the molecule is O=C1/C(=N/O)CCc2cc(F)ccc21. The fourth-order valence-corrected chi connectivity index (χ4v) is 1.61. The third-order valence-electron chi connectivity index (χ3n) is 2.33. The summed E-state index contributed by atoms with van der Waals surface area (Å²) in [5.41, 5.74) is 1.26. The summed E-state index contributed by atoms with van der Waals surface area (Å²) in [6.45, 7) is 0. The summed E-state index contributed by atoms with van der Waals surface area (Å²) in [4.78, 5) is 11.5. The van der Waals surface area contributed by atoms with Crippen molar-refractivity contribution in [1.29, 1.82) is 0 Å². The zero-order chi connectivity index (χ0) is 10.1. The Morgan fingerprint density at radius 3 is 2.86 bits per heavy atom. The Morgan fingerprint density at radius 2 is 2.14 bits per heavy atom. The monoisotopic (exact) mass is 193 g/mol. The van der Waals surface area contributed by atoms with Gasteiger partial charge in [0.1, 0.15) is 11.5 Å². The minimum absolute atomic E-state index is 0.143. The Kier molecular flexibility index (Phi) is 2.04. The van der Waals surface area contributed by atoms with E-state index in [1.54, 1.807) is 0 Å². The first-order valence-electron chi connectivity index (χ1n) is 4.26. The summed E-state index contributed by atoms with van der Waals surface area (Å²) in [6.07, 6.45) is 0.907. The highest BCUT2D eigenvalue weighted by Gasteiger charge is 2.23. The minimum Gasteiger partial charge on any atom is -0.411 e. The molecule has 72 valence electrons. The molecule has 0 spiro atoms. The molecule has 2 rings (SSSR count). The number of hydrogen-bond acceptors (Lipinski definition) is 3. The second-order valence-corrected chi connectivity index (χ2v) is 3.18. The van der Waals surface area contributed by atoms with E-state index in [9.17, 15) is 9.18 Å². The fraction of sp³-hybridized carbons (Fsp3) is 0.200. The highest BCUT2D eigenvalue weighted by molar-refractivity contribution is 6.46. The van der Waals surface area contributed by atoms with Crippen LogP contribution in [0.1, 0.15) is 22.3 Å². The minimum atomic E-state index is -0.346. The van der Waals surface area contributed by atoms with Gasteiger partial charge in [-0.25, -0.2) is 4.39 Å². The van der Waals surface area contributed by atoms with E-state index in [0.29, 0.717) is 24.0 Å². The Balaban J connectivity index is 2.52. The molecule has 0 aliphatic heterocycles. The summed E-state index contributed by atoms with van der Waals surface area (Å²) >= 11 is 0. The van der Waals surface area contributed by atoms with Gasteiger partial charge in [0, 0.05) is 12.0 Å². The topological polar surface area (TPSA) is 49.7 Å². The van der Waals surface area contributed by atoms with Crippen LogP contribution in [0.3, 0.4) is 0 Å². The summed E-state index contributed by atoms with van der Waals surface area (Å²) in [6, 6.07) is 4.01. The molecule has 0 heterocycles. The molecular weight excluding hydrogens is 185 g/mol. The van der Waals surface area contributed by atoms with E-state index < -0.39 is 0 Å². The number of benzene rings is 1. The van der Waals surface area contributed by atoms with Crippen molar-refractivity contribution in [3.8, 4) is 0 Å². The van der Waals surface area contributed by atoms with E-state index >= 15 is 0 Å². The van der Waals surface area contributed by atoms with Crippen molar-refractivity contribution in [3.05, 3.63) is 35.1 Å². The normalized spacial score (nSPS) is 18.4. The van der Waals surface area contributed by atoms with Gasteiger partial charge in [0.25, 0.3) is 0 Å². The number of oxime groups is 1. The van der Waals surface area contributed by atoms with Gasteiger partial charge in [0.15, 0.2) is 0 Å². The molecule has 0 amide bonds. The van der Waals surface area contributed by atoms with Crippen molar-refractivity contribution in [2.24, 2.45) is 5.16 Å². The second-order valence-electron chi connectivity index (χ2n) is 3.18. The molecule has 3 nitrogen and oxygen atoms in total. The summed E-state index contributed by atoms with van der Waals surface area (Å²) in [5, 5.41) is 11.5. The summed E-state index contributed by atoms with van der Waals surface area (Å²) in [5.74, 6) is -0.658. The molecule has 14 heavy (non-hydrogen) atoms. The van der Waals surface area contributed by atoms with Crippen LogP contribution in [-0.4, -0.2) is 16.7 Å². The number of halogens is 1. The summed E-state index contributed by atoms with van der Waals surface area (Å²) < 4.78 is 12.8. The van der Waals surface area contributed by atoms with Gasteiger partial charge in [0.2, 0.25) is 5.78 Å². The van der Waals surface area contributed by atoms with E-state index in [1.165, 1.54) is 18.2 Å². The highest BCUT2D eigenvalue weighted by atomic mass is 19.1. The van der Waals surface area contributed by atoms with Gasteiger partial charge in [0.05, 0.1) is 0 Å². The maximum absolute atomic E-state index is 12.8. The number of Topliss-reactive ketones (excluding diaryl/α,β-unsaturated/α-hetero) is 1. The smallest absolute Gasteiger partial charge is 0.210 e. The zero-order valence-corrected chi connectivity index (χ0v) is 7.33. The number of hydrogen-bond donors (Lipinski definition) is 1. The average molecular weight is 193 g/mol. The van der Waals surface area contributed by atoms with E-state index in [0.717, 1.165) is 0 Å². The number of fused-ring (bicyclic) bond motifs is 1. The molecule has 1 aliphatic carbocycles. The molecule has 0 fully saturated rings. The number of aryl methyl sites for hydroxylation is 1. The van der Waals surface area contributed by atoms with Crippen LogP contribution in [-0.2, 0) is 6.42 Å². The Labute approximate surface area is 79.9 Å². The quantitative estimate of drug-likeness (QED) is 0.504. The lowest BCUT2D eigenvalue weighted by molar-refractivity contribution is 0.105. The Hall–Kier alpha value is -1.71. The molecule has 1 aromatic rings. The second kappa shape index (κ2) is 3.21. The Morgan fingerprint density at radius 1 is 1.36 bits per heavy atom. The molecule has 4 heteroatoms. The van der Waals surface area contributed by atoms with E-state index in [4.69, 9.17) is 5.21 Å². The van der Waals surface area contributed by atoms with Gasteiger partial charge in [-0.1, -0.05) is 5.16 Å². The molecule has 0 atom stereocenters. The van der Waals surface area contributed by atoms with Crippen LogP contribution in [0, 0.1) is 5.82 Å². The number of carbonyl (C=O) groups excluding carboxylic acids is 1. The number of rotatable bonds is 0. The largest absolute Gasteiger partial charge is 0.411 e. The lowest BCUT2D eigenvalue weighted by Gasteiger charge is -2.14. The number of ketones is 1. The van der Waals surface area contributed by atoms with Crippen LogP contribution in [0.4, 0.5) is 4.39 Å². The van der Waals surface area contributed by atoms with E-state index in [2.05, 4.69) is 5.16 Å². The van der Waals surface area contributed by atoms with Crippen molar-refractivity contribution >= 4 is 11.5 Å². The lowest BCUT2D eigenvalue weighted by atomic mass is 9.89. The van der Waals surface area contributed by atoms with Gasteiger partial charge in [-0.15, -0.1) is 0 Å². The first-order valence-corrected chi connectivity index (χ1v) is 4.26. The van der Waals surface area contributed by atoms with Crippen molar-refractivity contribution in [3.63, 3.8) is 0 Å². The van der Waals surface area contributed by atoms with Crippen LogP contribution in [0.2, 0.25) is 0 Å². The van der Waals surface area contributed by atoms with E-state index in [1.807, 2.05) is 0 Å². The van der Waals surface area contributed by atoms with Gasteiger partial charge < -0.3 is 5.21 Å². The fourth-order valence-electron chi connectivity index (χ4n) is 1.61. The van der Waals surface area contributed by atoms with Gasteiger partial charge in [-0.2, -0.15) is 0 Å². The van der Waals surface area contributed by atoms with Crippen molar-refractivity contribution in [1.82, 2.24) is 0 Å². The lowest BCUT2D eigenvalue weighted by Crippen LogP contribution is -2.22. The third-order valence-corrected chi connectivity index (χ3v) is 2.33. The molecule has 0 aromatic heterocycles. The van der Waals surface area contributed by atoms with Crippen molar-refractivity contribution in [2.45, 2.75) is 12.8 Å². The van der Waals surface area contributed by atoms with E-state index in [-0.39, 0.29) is 17.3 Å². The molecule has 0 saturated carbocycles. The molecule has 0 unspecified atom stereocenters. The molecule has 0 bridgehead atoms. The maximum Gasteiger partial charge on any atom is 0.210 e. The standard InChI is InChI=1S/C10H8FNO2/c11-7-2-3-8-6(5-7)1-4-9(12-14)10(8)13/h2-3,5,14H,1,4H2/b12-9+. The zero-order valence-electron chi connectivity index (χ0n) is 7.33. The first-order chi connectivity index (χ1) is 6.72. The van der Waals surface area contributed by atoms with Crippen molar-refractivity contribution in [2.75, 3.05) is 0 Å². The highest BCUT2D eigenvalue weighted by Crippen LogP contribution is 2.20. The molecule has 0 saturated heterocycles. The summed E-state index contributed by atoms with van der Waals surface area (Å²) in [7, 11) is 0. The average Bonchev–Trinajstić information content (AvgIpc) is 2.18. The maximum atomic E-state index is 12.8. The van der Waals surface area contributed by atoms with Crippen LogP contribution in [0.15, 0.2) is 23.4 Å².